The minimum absolute atomic E-state index is 0.0818. The van der Waals surface area contributed by atoms with Gasteiger partial charge < -0.3 is 14.3 Å². The minimum Gasteiger partial charge on any atom is -0.461 e. The fourth-order valence-electron chi connectivity index (χ4n) is 2.07. The zero-order valence-corrected chi connectivity index (χ0v) is 13.2. The molecule has 0 spiro atoms. The standard InChI is InChI=1S/C15H16N4O2S/c1-10-3-4-11(21-10)12-5-6-13(22-12)15(20)16-8-7-14-18-17-9-19(14)2/h3-6,9H,7-8H2,1-2H3,(H,16,20). The number of thiophene rings is 1. The van der Waals surface area contributed by atoms with Crippen molar-refractivity contribution < 1.29 is 9.21 Å². The summed E-state index contributed by atoms with van der Waals surface area (Å²) in [6.07, 6.45) is 2.30. The Hall–Kier alpha value is -2.41. The Bertz CT molecular complexity index is 787. The lowest BCUT2D eigenvalue weighted by molar-refractivity contribution is 0.0958. The quantitative estimate of drug-likeness (QED) is 0.784. The third-order valence-electron chi connectivity index (χ3n) is 3.25. The molecule has 0 radical (unpaired) electrons. The van der Waals surface area contributed by atoms with Crippen LogP contribution in [0.1, 0.15) is 21.3 Å². The van der Waals surface area contributed by atoms with Gasteiger partial charge in [-0.2, -0.15) is 0 Å². The topological polar surface area (TPSA) is 73.0 Å². The second-order valence-electron chi connectivity index (χ2n) is 4.94. The lowest BCUT2D eigenvalue weighted by atomic mass is 10.3. The fraction of sp³-hybridized carbons (Fsp3) is 0.267. The number of hydrogen-bond donors (Lipinski definition) is 1. The van der Waals surface area contributed by atoms with E-state index in [-0.39, 0.29) is 5.91 Å². The van der Waals surface area contributed by atoms with E-state index in [9.17, 15) is 4.79 Å². The van der Waals surface area contributed by atoms with Crippen LogP contribution in [0.15, 0.2) is 35.0 Å². The van der Waals surface area contributed by atoms with Crippen LogP contribution in [-0.4, -0.2) is 27.2 Å². The SMILES string of the molecule is Cc1ccc(-c2ccc(C(=O)NCCc3nncn3C)s2)o1. The van der Waals surface area contributed by atoms with Crippen molar-refractivity contribution in [3.63, 3.8) is 0 Å². The second-order valence-corrected chi connectivity index (χ2v) is 6.02. The zero-order valence-electron chi connectivity index (χ0n) is 12.4. The molecule has 7 heteroatoms. The number of amides is 1. The predicted octanol–water partition coefficient (Wildman–Crippen LogP) is 2.42. The molecule has 1 N–H and O–H groups in total. The Labute approximate surface area is 131 Å². The molecule has 0 unspecified atom stereocenters. The molecule has 0 fully saturated rings. The number of hydrogen-bond acceptors (Lipinski definition) is 5. The summed E-state index contributed by atoms with van der Waals surface area (Å²) in [4.78, 5) is 13.8. The molecule has 3 aromatic rings. The Kier molecular flexibility index (Phi) is 4.06. The van der Waals surface area contributed by atoms with Crippen LogP contribution in [-0.2, 0) is 13.5 Å². The van der Waals surface area contributed by atoms with Crippen LogP contribution in [0.3, 0.4) is 0 Å². The molecule has 0 aliphatic heterocycles. The van der Waals surface area contributed by atoms with E-state index in [2.05, 4.69) is 15.5 Å². The van der Waals surface area contributed by atoms with E-state index in [1.54, 1.807) is 6.33 Å². The molecule has 1 amide bonds. The highest BCUT2D eigenvalue weighted by atomic mass is 32.1. The summed E-state index contributed by atoms with van der Waals surface area (Å²) in [5.74, 6) is 2.42. The Morgan fingerprint density at radius 3 is 2.91 bits per heavy atom. The summed E-state index contributed by atoms with van der Waals surface area (Å²) in [5.41, 5.74) is 0. The first-order valence-electron chi connectivity index (χ1n) is 6.91. The van der Waals surface area contributed by atoms with Gasteiger partial charge in [-0.15, -0.1) is 21.5 Å². The highest BCUT2D eigenvalue weighted by molar-refractivity contribution is 7.17. The molecule has 6 nitrogen and oxygen atoms in total. The van der Waals surface area contributed by atoms with Crippen LogP contribution in [0.2, 0.25) is 0 Å². The third kappa shape index (κ3) is 3.09. The first-order valence-corrected chi connectivity index (χ1v) is 7.73. The lowest BCUT2D eigenvalue weighted by Gasteiger charge is -2.03. The Balaban J connectivity index is 1.59. The van der Waals surface area contributed by atoms with Gasteiger partial charge in [0.05, 0.1) is 9.75 Å². The van der Waals surface area contributed by atoms with Gasteiger partial charge in [0, 0.05) is 20.0 Å². The predicted molar refractivity (Wildman–Crippen MR) is 83.8 cm³/mol. The molecule has 3 rings (SSSR count). The van der Waals surface area contributed by atoms with Crippen molar-refractivity contribution in [2.75, 3.05) is 6.54 Å². The number of nitrogens with one attached hydrogen (secondary N) is 1. The average molecular weight is 316 g/mol. The monoisotopic (exact) mass is 316 g/mol. The van der Waals surface area contributed by atoms with E-state index in [1.165, 1.54) is 11.3 Å². The highest BCUT2D eigenvalue weighted by Gasteiger charge is 2.12. The first kappa shape index (κ1) is 14.5. The number of furan rings is 1. The highest BCUT2D eigenvalue weighted by Crippen LogP contribution is 2.29. The number of carbonyl (C=O) groups excluding carboxylic acids is 1. The van der Waals surface area contributed by atoms with E-state index >= 15 is 0 Å². The maximum absolute atomic E-state index is 12.1. The van der Waals surface area contributed by atoms with Gasteiger partial charge in [0.15, 0.2) is 0 Å². The lowest BCUT2D eigenvalue weighted by Crippen LogP contribution is -2.25. The van der Waals surface area contributed by atoms with Crippen LogP contribution < -0.4 is 5.32 Å². The number of aryl methyl sites for hydroxylation is 2. The first-order chi connectivity index (χ1) is 10.6. The van der Waals surface area contributed by atoms with Crippen molar-refractivity contribution in [2.45, 2.75) is 13.3 Å². The van der Waals surface area contributed by atoms with Crippen LogP contribution >= 0.6 is 11.3 Å². The van der Waals surface area contributed by atoms with Gasteiger partial charge in [-0.1, -0.05) is 0 Å². The molecule has 0 aromatic carbocycles. The summed E-state index contributed by atoms with van der Waals surface area (Å²) < 4.78 is 7.41. The van der Waals surface area contributed by atoms with Crippen molar-refractivity contribution in [1.29, 1.82) is 0 Å². The van der Waals surface area contributed by atoms with Gasteiger partial charge in [-0.3, -0.25) is 4.79 Å². The summed E-state index contributed by atoms with van der Waals surface area (Å²) in [7, 11) is 1.88. The molecular formula is C15H16N4O2S. The van der Waals surface area contributed by atoms with E-state index < -0.39 is 0 Å². The third-order valence-corrected chi connectivity index (χ3v) is 4.35. The van der Waals surface area contributed by atoms with Crippen LogP contribution in [0.4, 0.5) is 0 Å². The largest absolute Gasteiger partial charge is 0.461 e. The van der Waals surface area contributed by atoms with Gasteiger partial charge >= 0.3 is 0 Å². The van der Waals surface area contributed by atoms with Crippen molar-refractivity contribution in [2.24, 2.45) is 7.05 Å². The van der Waals surface area contributed by atoms with E-state index in [4.69, 9.17) is 4.42 Å². The van der Waals surface area contributed by atoms with Crippen molar-refractivity contribution in [3.05, 3.63) is 47.1 Å². The van der Waals surface area contributed by atoms with Crippen LogP contribution in [0.5, 0.6) is 0 Å². The number of nitrogens with zero attached hydrogens (tertiary/aromatic N) is 3. The maximum atomic E-state index is 12.1. The maximum Gasteiger partial charge on any atom is 0.261 e. The van der Waals surface area contributed by atoms with E-state index in [1.807, 2.05) is 42.8 Å². The molecule has 22 heavy (non-hydrogen) atoms. The average Bonchev–Trinajstić information content (AvgIpc) is 3.20. The smallest absolute Gasteiger partial charge is 0.261 e. The zero-order chi connectivity index (χ0) is 15.5. The van der Waals surface area contributed by atoms with Crippen molar-refractivity contribution >= 4 is 17.2 Å². The number of carbonyl (C=O) groups is 1. The normalized spacial score (nSPS) is 10.8. The van der Waals surface area contributed by atoms with Gasteiger partial charge in [-0.25, -0.2) is 0 Å². The molecule has 0 aliphatic rings. The Morgan fingerprint density at radius 1 is 1.36 bits per heavy atom. The summed E-state index contributed by atoms with van der Waals surface area (Å²) >= 11 is 1.42. The minimum atomic E-state index is -0.0818. The fourth-order valence-corrected chi connectivity index (χ4v) is 2.95. The van der Waals surface area contributed by atoms with Crippen molar-refractivity contribution in [3.8, 4) is 10.6 Å². The summed E-state index contributed by atoms with van der Waals surface area (Å²) in [6.45, 7) is 2.43. The van der Waals surface area contributed by atoms with Crippen molar-refractivity contribution in [1.82, 2.24) is 20.1 Å². The number of rotatable bonds is 5. The van der Waals surface area contributed by atoms with E-state index in [0.29, 0.717) is 17.8 Å². The Morgan fingerprint density at radius 2 is 2.23 bits per heavy atom. The molecule has 0 bridgehead atoms. The molecule has 3 aromatic heterocycles. The van der Waals surface area contributed by atoms with Gasteiger partial charge in [-0.05, 0) is 31.2 Å². The molecular weight excluding hydrogens is 300 g/mol. The van der Waals surface area contributed by atoms with Crippen LogP contribution in [0.25, 0.3) is 10.6 Å². The summed E-state index contributed by atoms with van der Waals surface area (Å²) in [6, 6.07) is 7.54. The van der Waals surface area contributed by atoms with E-state index in [0.717, 1.165) is 22.2 Å². The second kappa shape index (κ2) is 6.15. The number of aromatic nitrogens is 3. The molecule has 0 aliphatic carbocycles. The van der Waals surface area contributed by atoms with Gasteiger partial charge in [0.2, 0.25) is 0 Å². The molecule has 114 valence electrons. The van der Waals surface area contributed by atoms with Gasteiger partial charge in [0.25, 0.3) is 5.91 Å². The molecule has 3 heterocycles. The van der Waals surface area contributed by atoms with Crippen LogP contribution in [0, 0.1) is 6.92 Å². The van der Waals surface area contributed by atoms with Gasteiger partial charge in [0.1, 0.15) is 23.7 Å². The molecule has 0 atom stereocenters. The molecule has 0 saturated heterocycles. The molecule has 0 saturated carbocycles. The summed E-state index contributed by atoms with van der Waals surface area (Å²) in [5, 5.41) is 10.7.